The smallest absolute Gasteiger partial charge is 0.163 e. The van der Waals surface area contributed by atoms with Crippen molar-refractivity contribution in [2.24, 2.45) is 0 Å². The first-order valence-electron chi connectivity index (χ1n) is 20.5. The summed E-state index contributed by atoms with van der Waals surface area (Å²) in [6.07, 6.45) is 0.0879. The Morgan fingerprint density at radius 1 is 0.333 bits per heavy atom. The van der Waals surface area contributed by atoms with Gasteiger partial charge in [-0.3, -0.25) is 19.6 Å². The highest BCUT2D eigenvalue weighted by Crippen LogP contribution is 2.37. The zero-order valence-corrected chi connectivity index (χ0v) is 36.1. The third kappa shape index (κ3) is 10.7. The first-order chi connectivity index (χ1) is 29.2. The molecule has 320 valence electrons. The molecule has 12 nitrogen and oxygen atoms in total. The van der Waals surface area contributed by atoms with Crippen LogP contribution in [0.5, 0.6) is 46.0 Å². The van der Waals surface area contributed by atoms with Gasteiger partial charge in [0, 0.05) is 123 Å². The minimum Gasteiger partial charge on any atom is -0.486 e. The maximum atomic E-state index is 6.09. The summed E-state index contributed by atoms with van der Waals surface area (Å²) < 4.78 is 47.7. The van der Waals surface area contributed by atoms with Crippen LogP contribution in [0.4, 0.5) is 0 Å². The van der Waals surface area contributed by atoms with Gasteiger partial charge in [0.2, 0.25) is 0 Å². The standard InChI is InChI=1S/2C22H24Cl2N2O4/c23-15-1-3-19-21(9-15)27-13-17(29-19)11-25-5-7-26(8-6-25)12-18-14-28-22-10-16(24)2-4-20(22)30-18;23-15-1-3-19-21(9-15)29-17(13-27-19)11-25-5-7-26(8-6-25)12-18-14-28-20-4-2-16(24)10-22(20)30-18/h2*1-4,9-10,17-18H,5-8,11-14H2. The van der Waals surface area contributed by atoms with Crippen LogP contribution in [0.15, 0.2) is 72.8 Å². The van der Waals surface area contributed by atoms with Crippen molar-refractivity contribution in [2.45, 2.75) is 24.4 Å². The highest BCUT2D eigenvalue weighted by molar-refractivity contribution is 6.31. The Balaban J connectivity index is 0.000000154. The molecule has 6 aliphatic heterocycles. The molecule has 0 radical (unpaired) electrons. The summed E-state index contributed by atoms with van der Waals surface area (Å²) in [5, 5.41) is 2.63. The summed E-state index contributed by atoms with van der Waals surface area (Å²) in [5.41, 5.74) is 0. The van der Waals surface area contributed by atoms with Gasteiger partial charge in [0.05, 0.1) is 0 Å². The van der Waals surface area contributed by atoms with Crippen LogP contribution in [0.2, 0.25) is 20.1 Å². The van der Waals surface area contributed by atoms with E-state index in [0.717, 1.165) is 125 Å². The second-order valence-electron chi connectivity index (χ2n) is 15.8. The third-order valence-electron chi connectivity index (χ3n) is 11.3. The molecule has 0 spiro atoms. The summed E-state index contributed by atoms with van der Waals surface area (Å²) in [7, 11) is 0. The van der Waals surface area contributed by atoms with Gasteiger partial charge < -0.3 is 37.9 Å². The number of fused-ring (bicyclic) bond motifs is 4. The molecule has 4 unspecified atom stereocenters. The summed E-state index contributed by atoms with van der Waals surface area (Å²) in [6, 6.07) is 22.0. The van der Waals surface area contributed by atoms with Gasteiger partial charge in [0.25, 0.3) is 0 Å². The van der Waals surface area contributed by atoms with Crippen LogP contribution < -0.4 is 37.9 Å². The second-order valence-corrected chi connectivity index (χ2v) is 17.5. The van der Waals surface area contributed by atoms with Crippen molar-refractivity contribution in [3.63, 3.8) is 0 Å². The molecule has 0 bridgehead atoms. The Labute approximate surface area is 370 Å². The van der Waals surface area contributed by atoms with Crippen molar-refractivity contribution in [2.75, 3.05) is 105 Å². The van der Waals surface area contributed by atoms with Gasteiger partial charge in [-0.15, -0.1) is 0 Å². The number of rotatable bonds is 8. The lowest BCUT2D eigenvalue weighted by Crippen LogP contribution is -2.53. The van der Waals surface area contributed by atoms with Gasteiger partial charge in [0.15, 0.2) is 46.0 Å². The zero-order chi connectivity index (χ0) is 41.0. The van der Waals surface area contributed by atoms with Crippen LogP contribution >= 0.6 is 46.4 Å². The molecule has 10 rings (SSSR count). The maximum absolute atomic E-state index is 6.09. The predicted octanol–water partition coefficient (Wildman–Crippen LogP) is 7.18. The van der Waals surface area contributed by atoms with Gasteiger partial charge in [0.1, 0.15) is 50.8 Å². The summed E-state index contributed by atoms with van der Waals surface area (Å²) in [6.45, 7) is 13.5. The van der Waals surface area contributed by atoms with E-state index in [9.17, 15) is 0 Å². The molecular weight excluding hydrogens is 854 g/mol. The summed E-state index contributed by atoms with van der Waals surface area (Å²) >= 11 is 24.2. The van der Waals surface area contributed by atoms with Crippen LogP contribution in [-0.4, -0.2) is 149 Å². The SMILES string of the molecule is Clc1ccc2c(c1)OC(CN1CCN(CC3COc4ccc(Cl)cc4O3)CC1)CO2.Clc1ccc2c(c1)OCC(CN1CCN(CC3COc4cc(Cl)ccc4O3)CC1)O2. The van der Waals surface area contributed by atoms with E-state index in [1.165, 1.54) is 0 Å². The molecule has 0 amide bonds. The zero-order valence-electron chi connectivity index (χ0n) is 33.1. The minimum atomic E-state index is 0.0128. The largest absolute Gasteiger partial charge is 0.486 e. The van der Waals surface area contributed by atoms with Crippen molar-refractivity contribution in [1.29, 1.82) is 0 Å². The molecular formula is C44H48Cl4N4O8. The first-order valence-corrected chi connectivity index (χ1v) is 22.0. The number of hydrogen-bond acceptors (Lipinski definition) is 12. The van der Waals surface area contributed by atoms with Crippen molar-refractivity contribution in [1.82, 2.24) is 19.6 Å². The first kappa shape index (κ1) is 41.6. The molecule has 0 aliphatic carbocycles. The van der Waals surface area contributed by atoms with Gasteiger partial charge in [-0.1, -0.05) is 46.4 Å². The molecule has 2 saturated heterocycles. The number of benzene rings is 4. The molecule has 6 heterocycles. The number of nitrogens with zero attached hydrogens (tertiary/aromatic N) is 4. The highest BCUT2D eigenvalue weighted by Gasteiger charge is 2.31. The van der Waals surface area contributed by atoms with E-state index >= 15 is 0 Å². The number of piperazine rings is 2. The number of halogens is 4. The van der Waals surface area contributed by atoms with E-state index in [0.29, 0.717) is 46.5 Å². The molecule has 4 aromatic carbocycles. The van der Waals surface area contributed by atoms with Crippen LogP contribution in [0, 0.1) is 0 Å². The Bertz CT molecular complexity index is 1960. The van der Waals surface area contributed by atoms with E-state index in [1.807, 2.05) is 60.7 Å². The normalized spacial score (nSPS) is 23.9. The molecule has 4 atom stereocenters. The molecule has 0 saturated carbocycles. The third-order valence-corrected chi connectivity index (χ3v) is 12.2. The highest BCUT2D eigenvalue weighted by atomic mass is 35.5. The second kappa shape index (κ2) is 19.1. The molecule has 0 aromatic heterocycles. The van der Waals surface area contributed by atoms with E-state index in [4.69, 9.17) is 84.3 Å². The topological polar surface area (TPSA) is 86.8 Å². The van der Waals surface area contributed by atoms with Crippen LogP contribution in [-0.2, 0) is 0 Å². The average molecular weight is 903 g/mol. The summed E-state index contributed by atoms with van der Waals surface area (Å²) in [5.74, 6) is 5.97. The Morgan fingerprint density at radius 3 is 0.900 bits per heavy atom. The van der Waals surface area contributed by atoms with Crippen molar-refractivity contribution in [3.8, 4) is 46.0 Å². The van der Waals surface area contributed by atoms with E-state index in [-0.39, 0.29) is 24.4 Å². The lowest BCUT2D eigenvalue weighted by Gasteiger charge is -2.39. The fourth-order valence-electron chi connectivity index (χ4n) is 8.18. The van der Waals surface area contributed by atoms with Gasteiger partial charge in [-0.05, 0) is 48.5 Å². The molecule has 0 N–H and O–H groups in total. The molecule has 60 heavy (non-hydrogen) atoms. The fourth-order valence-corrected chi connectivity index (χ4v) is 8.82. The van der Waals surface area contributed by atoms with Gasteiger partial charge in [-0.25, -0.2) is 0 Å². The molecule has 6 aliphatic rings. The van der Waals surface area contributed by atoms with Crippen molar-refractivity contribution < 1.29 is 37.9 Å². The van der Waals surface area contributed by atoms with Crippen LogP contribution in [0.25, 0.3) is 0 Å². The average Bonchev–Trinajstić information content (AvgIpc) is 3.25. The van der Waals surface area contributed by atoms with E-state index < -0.39 is 0 Å². The van der Waals surface area contributed by atoms with E-state index in [1.54, 1.807) is 12.1 Å². The fraction of sp³-hybridized carbons (Fsp3) is 0.455. The quantitative estimate of drug-likeness (QED) is 0.180. The maximum Gasteiger partial charge on any atom is 0.163 e. The van der Waals surface area contributed by atoms with Crippen molar-refractivity contribution >= 4 is 46.4 Å². The predicted molar refractivity (Wildman–Crippen MR) is 231 cm³/mol. The molecule has 2 fully saturated rings. The van der Waals surface area contributed by atoms with Crippen LogP contribution in [0.3, 0.4) is 0 Å². The Kier molecular flexibility index (Phi) is 13.3. The van der Waals surface area contributed by atoms with E-state index in [2.05, 4.69) is 19.6 Å². The van der Waals surface area contributed by atoms with Gasteiger partial charge in [-0.2, -0.15) is 0 Å². The molecule has 4 aromatic rings. The van der Waals surface area contributed by atoms with Crippen molar-refractivity contribution in [3.05, 3.63) is 92.9 Å². The number of hydrogen-bond donors (Lipinski definition) is 0. The lowest BCUT2D eigenvalue weighted by molar-refractivity contribution is 0.0201. The summed E-state index contributed by atoms with van der Waals surface area (Å²) in [4.78, 5) is 9.71. The molecule has 16 heteroatoms. The Morgan fingerprint density at radius 2 is 0.583 bits per heavy atom. The van der Waals surface area contributed by atoms with Gasteiger partial charge >= 0.3 is 0 Å². The number of ether oxygens (including phenoxy) is 8. The van der Waals surface area contributed by atoms with Crippen LogP contribution in [0.1, 0.15) is 0 Å². The Hall–Kier alpha value is -3.72. The lowest BCUT2D eigenvalue weighted by atomic mass is 10.2. The minimum absolute atomic E-state index is 0.0128. The monoisotopic (exact) mass is 900 g/mol.